The molecule has 0 radical (unpaired) electrons. The normalized spacial score (nSPS) is 10.8. The van der Waals surface area contributed by atoms with E-state index in [0.29, 0.717) is 16.3 Å². The molecule has 1 aromatic heterocycles. The maximum Gasteiger partial charge on any atom is 0.195 e. The van der Waals surface area contributed by atoms with Gasteiger partial charge >= 0.3 is 0 Å². The molecule has 0 bridgehead atoms. The molecule has 0 spiro atoms. The largest absolute Gasteiger partial charge is 0.496 e. The second-order valence-electron chi connectivity index (χ2n) is 5.79. The molecule has 0 saturated carbocycles. The smallest absolute Gasteiger partial charge is 0.195 e. The van der Waals surface area contributed by atoms with Gasteiger partial charge in [-0.05, 0) is 49.7 Å². The highest BCUT2D eigenvalue weighted by atomic mass is 35.5. The lowest BCUT2D eigenvalue weighted by Crippen LogP contribution is -1.99. The number of ketones is 1. The van der Waals surface area contributed by atoms with Gasteiger partial charge in [-0.15, -0.1) is 10.2 Å². The van der Waals surface area contributed by atoms with E-state index in [4.69, 9.17) is 16.3 Å². The molecule has 0 N–H and O–H groups in total. The summed E-state index contributed by atoms with van der Waals surface area (Å²) in [5.41, 5.74) is 3.51. The predicted octanol–water partition coefficient (Wildman–Crippen LogP) is 4.73. The van der Waals surface area contributed by atoms with Crippen LogP contribution >= 0.6 is 23.4 Å². The summed E-state index contributed by atoms with van der Waals surface area (Å²) in [7, 11) is 1.62. The standard InChI is InChI=1S/C19H18ClN3O2S/c1-12-4-6-16(9-17(12)20)23-11-21-22-19(23)26-10-15-8-14(13(2)24)5-7-18(15)25-3/h4-9,11H,10H2,1-3H3. The minimum Gasteiger partial charge on any atom is -0.496 e. The van der Waals surface area contributed by atoms with Crippen molar-refractivity contribution in [3.63, 3.8) is 0 Å². The first-order valence-electron chi connectivity index (χ1n) is 7.97. The van der Waals surface area contributed by atoms with Gasteiger partial charge < -0.3 is 4.74 Å². The molecule has 7 heteroatoms. The van der Waals surface area contributed by atoms with E-state index >= 15 is 0 Å². The number of Topliss-reactive ketones (excluding diaryl/α,β-unsaturated/α-hetero) is 1. The number of methoxy groups -OCH3 is 1. The van der Waals surface area contributed by atoms with Crippen LogP contribution in [0.4, 0.5) is 0 Å². The van der Waals surface area contributed by atoms with Crippen molar-refractivity contribution in [2.75, 3.05) is 7.11 Å². The van der Waals surface area contributed by atoms with E-state index in [2.05, 4.69) is 10.2 Å². The Morgan fingerprint density at radius 1 is 1.27 bits per heavy atom. The summed E-state index contributed by atoms with van der Waals surface area (Å²) in [6, 6.07) is 11.3. The first-order valence-corrected chi connectivity index (χ1v) is 9.33. The monoisotopic (exact) mass is 387 g/mol. The lowest BCUT2D eigenvalue weighted by molar-refractivity contribution is 0.101. The van der Waals surface area contributed by atoms with Gasteiger partial charge in [-0.1, -0.05) is 29.4 Å². The van der Waals surface area contributed by atoms with Gasteiger partial charge in [0.05, 0.1) is 12.8 Å². The van der Waals surface area contributed by atoms with Gasteiger partial charge in [-0.25, -0.2) is 0 Å². The van der Waals surface area contributed by atoms with Crippen LogP contribution in [-0.2, 0) is 5.75 Å². The fourth-order valence-corrected chi connectivity index (χ4v) is 3.57. The number of aromatic nitrogens is 3. The fourth-order valence-electron chi connectivity index (χ4n) is 2.48. The zero-order chi connectivity index (χ0) is 18.7. The molecular formula is C19H18ClN3O2S. The van der Waals surface area contributed by atoms with Crippen LogP contribution in [0.15, 0.2) is 47.9 Å². The van der Waals surface area contributed by atoms with Crippen molar-refractivity contribution in [2.45, 2.75) is 24.8 Å². The number of thioether (sulfide) groups is 1. The maximum atomic E-state index is 11.6. The predicted molar refractivity (Wildman–Crippen MR) is 104 cm³/mol. The summed E-state index contributed by atoms with van der Waals surface area (Å²) in [4.78, 5) is 11.6. The van der Waals surface area contributed by atoms with Gasteiger partial charge in [0.2, 0.25) is 0 Å². The van der Waals surface area contributed by atoms with E-state index < -0.39 is 0 Å². The highest BCUT2D eigenvalue weighted by Gasteiger charge is 2.12. The Labute approximate surface area is 161 Å². The molecule has 0 saturated heterocycles. The lowest BCUT2D eigenvalue weighted by Gasteiger charge is -2.11. The summed E-state index contributed by atoms with van der Waals surface area (Å²) in [5, 5.41) is 9.65. The number of nitrogens with zero attached hydrogens (tertiary/aromatic N) is 3. The molecule has 0 aliphatic heterocycles. The third-order valence-electron chi connectivity index (χ3n) is 3.99. The number of halogens is 1. The minimum absolute atomic E-state index is 0.0244. The van der Waals surface area contributed by atoms with E-state index in [1.165, 1.54) is 11.8 Å². The van der Waals surface area contributed by atoms with Gasteiger partial charge in [0.15, 0.2) is 10.9 Å². The summed E-state index contributed by atoms with van der Waals surface area (Å²) in [6.07, 6.45) is 1.66. The van der Waals surface area contributed by atoms with Crippen molar-refractivity contribution >= 4 is 29.1 Å². The maximum absolute atomic E-state index is 11.6. The Balaban J connectivity index is 1.85. The average Bonchev–Trinajstić information content (AvgIpc) is 3.10. The van der Waals surface area contributed by atoms with Gasteiger partial charge in [-0.2, -0.15) is 0 Å². The van der Waals surface area contributed by atoms with Crippen LogP contribution in [-0.4, -0.2) is 27.7 Å². The van der Waals surface area contributed by atoms with Crippen LogP contribution in [0.1, 0.15) is 28.4 Å². The van der Waals surface area contributed by atoms with Gasteiger partial charge in [0.1, 0.15) is 12.1 Å². The second kappa shape index (κ2) is 7.93. The van der Waals surface area contributed by atoms with Crippen LogP contribution in [0.3, 0.4) is 0 Å². The van der Waals surface area contributed by atoms with Crippen molar-refractivity contribution in [3.8, 4) is 11.4 Å². The van der Waals surface area contributed by atoms with Crippen LogP contribution in [0.2, 0.25) is 5.02 Å². The number of hydrogen-bond acceptors (Lipinski definition) is 5. The first kappa shape index (κ1) is 18.5. The number of benzene rings is 2. The number of carbonyl (C=O) groups is 1. The topological polar surface area (TPSA) is 57.0 Å². The number of rotatable bonds is 6. The number of hydrogen-bond donors (Lipinski definition) is 0. The molecule has 5 nitrogen and oxygen atoms in total. The van der Waals surface area contributed by atoms with Crippen molar-refractivity contribution in [3.05, 3.63) is 64.4 Å². The highest BCUT2D eigenvalue weighted by molar-refractivity contribution is 7.98. The van der Waals surface area contributed by atoms with E-state index in [1.54, 1.807) is 26.4 Å². The van der Waals surface area contributed by atoms with Crippen molar-refractivity contribution in [1.29, 1.82) is 0 Å². The third-order valence-corrected chi connectivity index (χ3v) is 5.39. The summed E-state index contributed by atoms with van der Waals surface area (Å²) in [5.74, 6) is 1.37. The summed E-state index contributed by atoms with van der Waals surface area (Å²) >= 11 is 7.75. The molecule has 3 aromatic rings. The molecule has 2 aromatic carbocycles. The number of ether oxygens (including phenoxy) is 1. The Kier molecular flexibility index (Phi) is 5.64. The zero-order valence-corrected chi connectivity index (χ0v) is 16.3. The summed E-state index contributed by atoms with van der Waals surface area (Å²) in [6.45, 7) is 3.51. The molecule has 0 aliphatic carbocycles. The third kappa shape index (κ3) is 3.92. The van der Waals surface area contributed by atoms with E-state index in [-0.39, 0.29) is 5.78 Å². The Bertz CT molecular complexity index is 956. The first-order chi connectivity index (χ1) is 12.5. The number of aryl methyl sites for hydroxylation is 1. The molecule has 3 rings (SSSR count). The number of carbonyl (C=O) groups excluding carboxylic acids is 1. The quantitative estimate of drug-likeness (QED) is 0.452. The Morgan fingerprint density at radius 2 is 2.08 bits per heavy atom. The fraction of sp³-hybridized carbons (Fsp3) is 0.211. The van der Waals surface area contributed by atoms with Crippen LogP contribution in [0, 0.1) is 6.92 Å². The lowest BCUT2D eigenvalue weighted by atomic mass is 10.1. The Morgan fingerprint density at radius 3 is 2.77 bits per heavy atom. The molecule has 26 heavy (non-hydrogen) atoms. The molecule has 0 fully saturated rings. The van der Waals surface area contributed by atoms with Crippen LogP contribution in [0.25, 0.3) is 5.69 Å². The molecular weight excluding hydrogens is 370 g/mol. The SMILES string of the molecule is COc1ccc(C(C)=O)cc1CSc1nncn1-c1ccc(C)c(Cl)c1. The Hall–Kier alpha value is -2.31. The van der Waals surface area contributed by atoms with Crippen molar-refractivity contribution < 1.29 is 9.53 Å². The van der Waals surface area contributed by atoms with Crippen LogP contribution < -0.4 is 4.74 Å². The molecule has 134 valence electrons. The highest BCUT2D eigenvalue weighted by Crippen LogP contribution is 2.30. The molecule has 1 heterocycles. The van der Waals surface area contributed by atoms with Gasteiger partial charge in [-0.3, -0.25) is 9.36 Å². The minimum atomic E-state index is 0.0244. The average molecular weight is 388 g/mol. The molecule has 0 atom stereocenters. The van der Waals surface area contributed by atoms with Gasteiger partial charge in [0.25, 0.3) is 0 Å². The molecule has 0 amide bonds. The van der Waals surface area contributed by atoms with E-state index in [9.17, 15) is 4.79 Å². The molecule has 0 unspecified atom stereocenters. The zero-order valence-electron chi connectivity index (χ0n) is 14.7. The van der Waals surface area contributed by atoms with Crippen LogP contribution in [0.5, 0.6) is 5.75 Å². The van der Waals surface area contributed by atoms with E-state index in [0.717, 1.165) is 27.7 Å². The van der Waals surface area contributed by atoms with E-state index in [1.807, 2.05) is 41.8 Å². The molecule has 0 aliphatic rings. The van der Waals surface area contributed by atoms with Gasteiger partial charge in [0, 0.05) is 21.9 Å². The van der Waals surface area contributed by atoms with Crippen molar-refractivity contribution in [2.24, 2.45) is 0 Å². The second-order valence-corrected chi connectivity index (χ2v) is 7.14. The van der Waals surface area contributed by atoms with Crippen molar-refractivity contribution in [1.82, 2.24) is 14.8 Å². The summed E-state index contributed by atoms with van der Waals surface area (Å²) < 4.78 is 7.30.